The number of hydrogen-bond donors (Lipinski definition) is 0. The Hall–Kier alpha value is -0.350. The van der Waals surface area contributed by atoms with Crippen LogP contribution in [0.2, 0.25) is 0 Å². The predicted molar refractivity (Wildman–Crippen MR) is 66.2 cm³/mol. The van der Waals surface area contributed by atoms with E-state index < -0.39 is 7.82 Å². The molecule has 17 heavy (non-hydrogen) atoms. The van der Waals surface area contributed by atoms with Gasteiger partial charge in [-0.3, -0.25) is 4.57 Å². The molecular weight excluding hydrogens is 241 g/mol. The first-order chi connectivity index (χ1) is 7.77. The van der Waals surface area contributed by atoms with Crippen molar-refractivity contribution >= 4 is 7.82 Å². The number of unbranched alkanes of at least 4 members (excludes halogenated alkanes) is 2. The largest absolute Gasteiger partial charge is 0.746 e. The minimum absolute atomic E-state index is 0.132. The molecule has 0 aromatic carbocycles. The normalized spacial score (nSPS) is 16.1. The van der Waals surface area contributed by atoms with E-state index in [-0.39, 0.29) is 6.61 Å². The molecule has 0 aromatic heterocycles. The molecule has 0 radical (unpaired) electrons. The highest BCUT2D eigenvalue weighted by molar-refractivity contribution is 7.45. The second kappa shape index (κ2) is 7.88. The van der Waals surface area contributed by atoms with E-state index in [0.29, 0.717) is 11.0 Å². The zero-order valence-corrected chi connectivity index (χ0v) is 12.1. The number of nitrogens with zero attached hydrogens (tertiary/aromatic N) is 1. The Kier molecular flexibility index (Phi) is 7.71. The first-order valence-corrected chi connectivity index (χ1v) is 7.32. The lowest BCUT2D eigenvalue weighted by Gasteiger charge is -2.26. The van der Waals surface area contributed by atoms with Crippen LogP contribution in [-0.2, 0) is 13.6 Å². The topological polar surface area (TPSA) is 58.6 Å². The summed E-state index contributed by atoms with van der Waals surface area (Å²) in [5, 5.41) is 0. The maximum absolute atomic E-state index is 11.3. The zero-order valence-electron chi connectivity index (χ0n) is 11.2. The molecule has 102 valence electrons. The standard InChI is InChI=1S/C11H24NO4P/c1-5-6-7-8-10-15-17(13,14)16-11-9-12(2,3)4/h8,10H,5-7,9,11H2,1-4H3/b10-8+. The van der Waals surface area contributed by atoms with Crippen LogP contribution in [0.4, 0.5) is 0 Å². The molecule has 0 aliphatic carbocycles. The van der Waals surface area contributed by atoms with Crippen molar-refractivity contribution in [2.45, 2.75) is 26.2 Å². The van der Waals surface area contributed by atoms with Gasteiger partial charge in [-0.15, -0.1) is 0 Å². The molecule has 0 bridgehead atoms. The van der Waals surface area contributed by atoms with E-state index in [0.717, 1.165) is 19.3 Å². The minimum atomic E-state index is -4.17. The van der Waals surface area contributed by atoms with E-state index in [1.54, 1.807) is 6.08 Å². The molecule has 0 aliphatic rings. The van der Waals surface area contributed by atoms with Crippen molar-refractivity contribution in [1.82, 2.24) is 0 Å². The van der Waals surface area contributed by atoms with Crippen LogP contribution in [-0.4, -0.2) is 38.8 Å². The molecular formula is C11H24NO4P. The van der Waals surface area contributed by atoms with Gasteiger partial charge in [-0.05, 0) is 18.9 Å². The monoisotopic (exact) mass is 265 g/mol. The van der Waals surface area contributed by atoms with Crippen LogP contribution in [0, 0.1) is 0 Å². The summed E-state index contributed by atoms with van der Waals surface area (Å²) in [6.07, 6.45) is 5.78. The molecule has 1 atom stereocenters. The van der Waals surface area contributed by atoms with Gasteiger partial charge >= 0.3 is 7.82 Å². The maximum Gasteiger partial charge on any atom is 0.319 e. The van der Waals surface area contributed by atoms with Gasteiger partial charge in [0.25, 0.3) is 0 Å². The molecule has 0 rings (SSSR count). The van der Waals surface area contributed by atoms with Gasteiger partial charge in [0.1, 0.15) is 13.2 Å². The molecule has 1 unspecified atom stereocenters. The Morgan fingerprint density at radius 1 is 1.35 bits per heavy atom. The van der Waals surface area contributed by atoms with Crippen molar-refractivity contribution in [1.29, 1.82) is 0 Å². The highest BCUT2D eigenvalue weighted by atomic mass is 31.2. The van der Waals surface area contributed by atoms with Crippen LogP contribution >= 0.6 is 7.82 Å². The first-order valence-electron chi connectivity index (χ1n) is 5.86. The Bertz CT molecular complexity index is 273. The number of phosphoric acid groups is 1. The fourth-order valence-electron chi connectivity index (χ4n) is 0.965. The zero-order chi connectivity index (χ0) is 13.4. The number of quaternary nitrogens is 1. The molecule has 0 saturated carbocycles. The third kappa shape index (κ3) is 11.9. The van der Waals surface area contributed by atoms with Crippen LogP contribution in [0.5, 0.6) is 0 Å². The number of phosphoric ester groups is 1. The summed E-state index contributed by atoms with van der Waals surface area (Å²) >= 11 is 0. The molecule has 0 aliphatic heterocycles. The summed E-state index contributed by atoms with van der Waals surface area (Å²) in [4.78, 5) is 11.3. The Morgan fingerprint density at radius 2 is 2.00 bits per heavy atom. The summed E-state index contributed by atoms with van der Waals surface area (Å²) in [6.45, 7) is 2.81. The molecule has 0 aromatic rings. The van der Waals surface area contributed by atoms with Crippen molar-refractivity contribution in [2.24, 2.45) is 0 Å². The Balaban J connectivity index is 3.80. The summed E-state index contributed by atoms with van der Waals surface area (Å²) in [6, 6.07) is 0. The number of rotatable bonds is 9. The van der Waals surface area contributed by atoms with Gasteiger partial charge in [-0.2, -0.15) is 0 Å². The average molecular weight is 265 g/mol. The highest BCUT2D eigenvalue weighted by Gasteiger charge is 2.12. The molecule has 5 nitrogen and oxygen atoms in total. The fraction of sp³-hybridized carbons (Fsp3) is 0.818. The summed E-state index contributed by atoms with van der Waals surface area (Å²) < 4.78 is 21.2. The first kappa shape index (κ1) is 16.6. The number of allylic oxidation sites excluding steroid dienone is 1. The molecule has 0 amide bonds. The lowest BCUT2D eigenvalue weighted by molar-refractivity contribution is -0.870. The second-order valence-corrected chi connectivity index (χ2v) is 6.28. The van der Waals surface area contributed by atoms with Gasteiger partial charge in [-0.1, -0.05) is 13.3 Å². The third-order valence-electron chi connectivity index (χ3n) is 2.02. The van der Waals surface area contributed by atoms with Crippen LogP contribution in [0.1, 0.15) is 26.2 Å². The fourth-order valence-corrected chi connectivity index (χ4v) is 1.57. The Labute approximate surface area is 104 Å². The third-order valence-corrected chi connectivity index (χ3v) is 2.90. The van der Waals surface area contributed by atoms with Crippen molar-refractivity contribution in [3.8, 4) is 0 Å². The minimum Gasteiger partial charge on any atom is -0.746 e. The van der Waals surface area contributed by atoms with Gasteiger partial charge in [0.15, 0.2) is 0 Å². The van der Waals surface area contributed by atoms with Crippen LogP contribution in [0.25, 0.3) is 0 Å². The second-order valence-electron chi connectivity index (χ2n) is 4.91. The van der Waals surface area contributed by atoms with Crippen LogP contribution in [0.15, 0.2) is 12.3 Å². The molecule has 0 saturated heterocycles. The van der Waals surface area contributed by atoms with Gasteiger partial charge in [0.05, 0.1) is 27.4 Å². The smallest absolute Gasteiger partial charge is 0.319 e. The molecule has 0 fully saturated rings. The van der Waals surface area contributed by atoms with Crippen LogP contribution < -0.4 is 4.89 Å². The van der Waals surface area contributed by atoms with Crippen LogP contribution in [0.3, 0.4) is 0 Å². The Morgan fingerprint density at radius 3 is 2.53 bits per heavy atom. The predicted octanol–water partition coefficient (Wildman–Crippen LogP) is 1.90. The van der Waals surface area contributed by atoms with Gasteiger partial charge in [0, 0.05) is 0 Å². The average Bonchev–Trinajstić information content (AvgIpc) is 2.14. The summed E-state index contributed by atoms with van der Waals surface area (Å²) in [7, 11) is 1.71. The van der Waals surface area contributed by atoms with E-state index in [4.69, 9.17) is 4.52 Å². The summed E-state index contributed by atoms with van der Waals surface area (Å²) in [5.74, 6) is 0. The lowest BCUT2D eigenvalue weighted by Crippen LogP contribution is -2.37. The molecule has 0 spiro atoms. The van der Waals surface area contributed by atoms with Gasteiger partial charge in [-0.25, -0.2) is 0 Å². The number of likely N-dealkylation sites (N-methyl/N-ethyl adjacent to an activating group) is 1. The van der Waals surface area contributed by atoms with Gasteiger partial charge in [0.2, 0.25) is 0 Å². The van der Waals surface area contributed by atoms with Crippen molar-refractivity contribution in [3.05, 3.63) is 12.3 Å². The van der Waals surface area contributed by atoms with E-state index in [2.05, 4.69) is 11.4 Å². The summed E-state index contributed by atoms with van der Waals surface area (Å²) in [5.41, 5.74) is 0. The maximum atomic E-state index is 11.3. The highest BCUT2D eigenvalue weighted by Crippen LogP contribution is 2.38. The van der Waals surface area contributed by atoms with E-state index in [9.17, 15) is 9.46 Å². The SMILES string of the molecule is CCCC/C=C/OP(=O)([O-])OCC[N+](C)(C)C. The number of hydrogen-bond acceptors (Lipinski definition) is 4. The molecule has 0 heterocycles. The molecule has 0 N–H and O–H groups in total. The quantitative estimate of drug-likeness (QED) is 0.276. The van der Waals surface area contributed by atoms with E-state index in [1.807, 2.05) is 21.1 Å². The van der Waals surface area contributed by atoms with E-state index >= 15 is 0 Å². The van der Waals surface area contributed by atoms with Crippen molar-refractivity contribution in [2.75, 3.05) is 34.3 Å². The van der Waals surface area contributed by atoms with E-state index in [1.165, 1.54) is 6.26 Å². The lowest BCUT2D eigenvalue weighted by atomic mass is 10.2. The van der Waals surface area contributed by atoms with Crippen molar-refractivity contribution < 1.29 is 23.0 Å². The van der Waals surface area contributed by atoms with Crippen molar-refractivity contribution in [3.63, 3.8) is 0 Å². The van der Waals surface area contributed by atoms with Gasteiger partial charge < -0.3 is 18.4 Å². The molecule has 6 heteroatoms.